The first-order valence-electron chi connectivity index (χ1n) is 8.79. The molecule has 3 nitrogen and oxygen atoms in total. The zero-order chi connectivity index (χ0) is 16.4. The van der Waals surface area contributed by atoms with Gasteiger partial charge in [-0.05, 0) is 42.0 Å². The second-order valence-electron chi connectivity index (χ2n) is 6.64. The Kier molecular flexibility index (Phi) is 4.08. The highest BCUT2D eigenvalue weighted by molar-refractivity contribution is 5.97. The number of benzene rings is 2. The molecule has 0 atom stereocenters. The van der Waals surface area contributed by atoms with Crippen molar-refractivity contribution in [3.63, 3.8) is 0 Å². The second kappa shape index (κ2) is 6.52. The highest BCUT2D eigenvalue weighted by Crippen LogP contribution is 2.29. The fraction of sp³-hybridized carbons (Fsp3) is 0.286. The molecule has 24 heavy (non-hydrogen) atoms. The van der Waals surface area contributed by atoms with E-state index >= 15 is 0 Å². The smallest absolute Gasteiger partial charge is 0.255 e. The van der Waals surface area contributed by atoms with E-state index < -0.39 is 0 Å². The highest BCUT2D eigenvalue weighted by Gasteiger charge is 2.14. The summed E-state index contributed by atoms with van der Waals surface area (Å²) in [5.74, 6) is 0. The standard InChI is InChI=1S/C21H22N2O/c24-21-18-12-11-17(23-16-9-5-2-6-10-16)13-19(18)20(14-22-21)15-7-3-1-4-8-15/h1,3-4,7-8,11-14,16,23H,2,5-6,9-10H2,(H,22,24). The molecule has 122 valence electrons. The van der Waals surface area contributed by atoms with Gasteiger partial charge in [0.25, 0.3) is 5.56 Å². The quantitative estimate of drug-likeness (QED) is 0.718. The Hall–Kier alpha value is -2.55. The summed E-state index contributed by atoms with van der Waals surface area (Å²) in [5, 5.41) is 5.41. The summed E-state index contributed by atoms with van der Waals surface area (Å²) < 4.78 is 0. The molecule has 4 rings (SSSR count). The van der Waals surface area contributed by atoms with Crippen LogP contribution in [0.5, 0.6) is 0 Å². The van der Waals surface area contributed by atoms with E-state index in [1.54, 1.807) is 0 Å². The molecule has 3 aromatic rings. The van der Waals surface area contributed by atoms with Crippen LogP contribution in [0.1, 0.15) is 32.1 Å². The van der Waals surface area contributed by atoms with Gasteiger partial charge in [0.2, 0.25) is 0 Å². The van der Waals surface area contributed by atoms with E-state index in [1.165, 1.54) is 32.1 Å². The molecule has 0 unspecified atom stereocenters. The number of rotatable bonds is 3. The van der Waals surface area contributed by atoms with Gasteiger partial charge in [0.15, 0.2) is 0 Å². The van der Waals surface area contributed by atoms with Crippen molar-refractivity contribution in [3.8, 4) is 11.1 Å². The lowest BCUT2D eigenvalue weighted by Gasteiger charge is -2.24. The third-order valence-electron chi connectivity index (χ3n) is 4.96. The number of aromatic nitrogens is 1. The molecule has 2 N–H and O–H groups in total. The fourth-order valence-electron chi connectivity index (χ4n) is 3.69. The predicted molar refractivity (Wildman–Crippen MR) is 101 cm³/mol. The maximum absolute atomic E-state index is 12.2. The zero-order valence-corrected chi connectivity index (χ0v) is 13.7. The first kappa shape index (κ1) is 15.0. The van der Waals surface area contributed by atoms with Crippen molar-refractivity contribution in [2.45, 2.75) is 38.1 Å². The van der Waals surface area contributed by atoms with Crippen LogP contribution in [0.2, 0.25) is 0 Å². The normalized spacial score (nSPS) is 15.5. The number of aromatic amines is 1. The molecular weight excluding hydrogens is 296 g/mol. The fourth-order valence-corrected chi connectivity index (χ4v) is 3.69. The van der Waals surface area contributed by atoms with E-state index in [4.69, 9.17) is 0 Å². The van der Waals surface area contributed by atoms with Crippen LogP contribution in [0, 0.1) is 0 Å². The minimum atomic E-state index is -0.0334. The number of hydrogen-bond donors (Lipinski definition) is 2. The van der Waals surface area contributed by atoms with Crippen LogP contribution < -0.4 is 10.9 Å². The average Bonchev–Trinajstić information content (AvgIpc) is 2.64. The Morgan fingerprint density at radius 1 is 0.917 bits per heavy atom. The molecule has 0 saturated heterocycles. The van der Waals surface area contributed by atoms with Crippen molar-refractivity contribution in [3.05, 3.63) is 65.1 Å². The molecule has 0 radical (unpaired) electrons. The van der Waals surface area contributed by atoms with Gasteiger partial charge < -0.3 is 10.3 Å². The van der Waals surface area contributed by atoms with E-state index in [-0.39, 0.29) is 5.56 Å². The Labute approximate surface area is 141 Å². The summed E-state index contributed by atoms with van der Waals surface area (Å²) in [6.07, 6.45) is 8.26. The summed E-state index contributed by atoms with van der Waals surface area (Å²) in [4.78, 5) is 15.1. The Bertz CT molecular complexity index is 893. The van der Waals surface area contributed by atoms with E-state index in [0.29, 0.717) is 6.04 Å². The second-order valence-corrected chi connectivity index (χ2v) is 6.64. The van der Waals surface area contributed by atoms with E-state index in [1.807, 2.05) is 36.5 Å². The number of fused-ring (bicyclic) bond motifs is 1. The van der Waals surface area contributed by atoms with Crippen molar-refractivity contribution < 1.29 is 0 Å². The summed E-state index contributed by atoms with van der Waals surface area (Å²) in [6.45, 7) is 0. The molecular formula is C21H22N2O. The van der Waals surface area contributed by atoms with Gasteiger partial charge >= 0.3 is 0 Å². The Morgan fingerprint density at radius 3 is 2.50 bits per heavy atom. The van der Waals surface area contributed by atoms with Gasteiger partial charge in [-0.25, -0.2) is 0 Å². The predicted octanol–water partition coefficient (Wildman–Crippen LogP) is 4.94. The monoisotopic (exact) mass is 318 g/mol. The summed E-state index contributed by atoms with van der Waals surface area (Å²) in [6, 6.07) is 16.9. The van der Waals surface area contributed by atoms with Gasteiger partial charge in [-0.1, -0.05) is 49.6 Å². The lowest BCUT2D eigenvalue weighted by molar-refractivity contribution is 0.463. The molecule has 0 bridgehead atoms. The number of hydrogen-bond acceptors (Lipinski definition) is 2. The lowest BCUT2D eigenvalue weighted by atomic mass is 9.95. The van der Waals surface area contributed by atoms with Gasteiger partial charge in [0, 0.05) is 28.9 Å². The van der Waals surface area contributed by atoms with E-state index in [9.17, 15) is 4.79 Å². The minimum absolute atomic E-state index is 0.0334. The van der Waals surface area contributed by atoms with Gasteiger partial charge in [-0.3, -0.25) is 4.79 Å². The first-order valence-corrected chi connectivity index (χ1v) is 8.79. The molecule has 0 aliphatic heterocycles. The maximum atomic E-state index is 12.2. The third-order valence-corrected chi connectivity index (χ3v) is 4.96. The van der Waals surface area contributed by atoms with Crippen molar-refractivity contribution in [2.75, 3.05) is 5.32 Å². The van der Waals surface area contributed by atoms with Crippen LogP contribution in [0.4, 0.5) is 5.69 Å². The molecule has 3 heteroatoms. The number of H-pyrrole nitrogens is 1. The topological polar surface area (TPSA) is 44.9 Å². The molecule has 1 heterocycles. The van der Waals surface area contributed by atoms with Crippen molar-refractivity contribution in [1.29, 1.82) is 0 Å². The molecule has 2 aromatic carbocycles. The van der Waals surface area contributed by atoms with Gasteiger partial charge in [-0.2, -0.15) is 0 Å². The summed E-state index contributed by atoms with van der Waals surface area (Å²) in [7, 11) is 0. The van der Waals surface area contributed by atoms with E-state index in [2.05, 4.69) is 28.5 Å². The van der Waals surface area contributed by atoms with Gasteiger partial charge in [0.05, 0.1) is 0 Å². The van der Waals surface area contributed by atoms with Gasteiger partial charge in [-0.15, -0.1) is 0 Å². The van der Waals surface area contributed by atoms with Crippen LogP contribution in [0.25, 0.3) is 21.9 Å². The number of anilines is 1. The molecule has 1 aromatic heterocycles. The first-order chi connectivity index (χ1) is 11.8. The molecule has 1 saturated carbocycles. The average molecular weight is 318 g/mol. The molecule has 0 spiro atoms. The maximum Gasteiger partial charge on any atom is 0.255 e. The minimum Gasteiger partial charge on any atom is -0.382 e. The van der Waals surface area contributed by atoms with Crippen molar-refractivity contribution >= 4 is 16.5 Å². The van der Waals surface area contributed by atoms with Gasteiger partial charge in [0.1, 0.15) is 0 Å². The highest BCUT2D eigenvalue weighted by atomic mass is 16.1. The van der Waals surface area contributed by atoms with Crippen LogP contribution >= 0.6 is 0 Å². The lowest BCUT2D eigenvalue weighted by Crippen LogP contribution is -2.22. The molecule has 1 aliphatic rings. The van der Waals surface area contributed by atoms with Crippen LogP contribution in [0.15, 0.2) is 59.5 Å². The van der Waals surface area contributed by atoms with Crippen LogP contribution in [0.3, 0.4) is 0 Å². The van der Waals surface area contributed by atoms with Crippen molar-refractivity contribution in [2.24, 2.45) is 0 Å². The third kappa shape index (κ3) is 2.94. The van der Waals surface area contributed by atoms with Crippen LogP contribution in [-0.4, -0.2) is 11.0 Å². The van der Waals surface area contributed by atoms with Crippen molar-refractivity contribution in [1.82, 2.24) is 4.98 Å². The molecule has 1 fully saturated rings. The largest absolute Gasteiger partial charge is 0.382 e. The van der Waals surface area contributed by atoms with E-state index in [0.717, 1.165) is 27.6 Å². The summed E-state index contributed by atoms with van der Waals surface area (Å²) in [5.41, 5.74) is 3.26. The van der Waals surface area contributed by atoms with Crippen LogP contribution in [-0.2, 0) is 0 Å². The summed E-state index contributed by atoms with van der Waals surface area (Å²) >= 11 is 0. The Balaban J connectivity index is 1.78. The number of pyridine rings is 1. The SMILES string of the molecule is O=c1[nH]cc(-c2ccccc2)c2cc(NC3CCCCC3)ccc12. The molecule has 1 aliphatic carbocycles. The number of nitrogens with one attached hydrogen (secondary N) is 2. The Morgan fingerprint density at radius 2 is 1.71 bits per heavy atom. The zero-order valence-electron chi connectivity index (χ0n) is 13.7. The molecule has 0 amide bonds.